The van der Waals surface area contributed by atoms with Gasteiger partial charge >= 0.3 is 0 Å². The lowest BCUT2D eigenvalue weighted by Gasteiger charge is -2.22. The predicted octanol–water partition coefficient (Wildman–Crippen LogP) is 4.32. The molecule has 0 aromatic heterocycles. The Labute approximate surface area is 138 Å². The molecule has 0 radical (unpaired) electrons. The molecule has 0 atom stereocenters. The first-order valence-electron chi connectivity index (χ1n) is 8.06. The molecule has 1 amide bonds. The van der Waals surface area contributed by atoms with Crippen molar-refractivity contribution in [3.05, 3.63) is 65.7 Å². The van der Waals surface area contributed by atoms with Crippen LogP contribution < -0.4 is 10.1 Å². The fraction of sp³-hybridized carbons (Fsp3) is 0.350. The Bertz CT molecular complexity index is 635. The molecule has 1 N–H and O–H groups in total. The van der Waals surface area contributed by atoms with E-state index in [2.05, 4.69) is 5.32 Å². The molecule has 0 saturated heterocycles. The number of hydrogen-bond acceptors (Lipinski definition) is 2. The van der Waals surface area contributed by atoms with Gasteiger partial charge in [-0.3, -0.25) is 4.79 Å². The summed E-state index contributed by atoms with van der Waals surface area (Å²) in [5.74, 6) is 0.879. The maximum absolute atomic E-state index is 12.2. The largest absolute Gasteiger partial charge is 0.489 e. The van der Waals surface area contributed by atoms with Crippen LogP contribution in [-0.4, -0.2) is 5.91 Å². The van der Waals surface area contributed by atoms with E-state index in [0.717, 1.165) is 23.3 Å². The highest BCUT2D eigenvalue weighted by Gasteiger charge is 2.24. The van der Waals surface area contributed by atoms with E-state index in [4.69, 9.17) is 4.74 Å². The maximum atomic E-state index is 12.2. The van der Waals surface area contributed by atoms with Crippen LogP contribution in [-0.2, 0) is 17.9 Å². The van der Waals surface area contributed by atoms with Crippen molar-refractivity contribution in [3.8, 4) is 5.75 Å². The average Bonchev–Trinajstić information content (AvgIpc) is 2.59. The summed E-state index contributed by atoms with van der Waals surface area (Å²) in [5.41, 5.74) is 1.77. The van der Waals surface area contributed by atoms with Crippen molar-refractivity contribution in [2.45, 2.75) is 40.3 Å². The standard InChI is InChI=1S/C20H25NO2/c1-4-20(2,3)19(22)21-14-17-12-8-9-13-18(17)23-15-16-10-6-5-7-11-16/h5-13H,4,14-15H2,1-3H3,(H,21,22). The van der Waals surface area contributed by atoms with Gasteiger partial charge in [0.1, 0.15) is 12.4 Å². The van der Waals surface area contributed by atoms with Crippen LogP contribution in [0.5, 0.6) is 5.75 Å². The molecule has 2 aromatic carbocycles. The van der Waals surface area contributed by atoms with E-state index in [0.29, 0.717) is 13.2 Å². The zero-order chi connectivity index (χ0) is 16.7. The van der Waals surface area contributed by atoms with Crippen molar-refractivity contribution in [1.82, 2.24) is 5.32 Å². The molecule has 0 aliphatic rings. The predicted molar refractivity (Wildman–Crippen MR) is 93.1 cm³/mol. The molecule has 3 heteroatoms. The molecule has 0 unspecified atom stereocenters. The molecule has 0 spiro atoms. The van der Waals surface area contributed by atoms with E-state index in [1.165, 1.54) is 0 Å². The fourth-order valence-electron chi connectivity index (χ4n) is 2.10. The summed E-state index contributed by atoms with van der Waals surface area (Å²) in [4.78, 5) is 12.2. The van der Waals surface area contributed by atoms with E-state index >= 15 is 0 Å². The van der Waals surface area contributed by atoms with Crippen LogP contribution in [0.3, 0.4) is 0 Å². The number of benzene rings is 2. The minimum absolute atomic E-state index is 0.0675. The van der Waals surface area contributed by atoms with Crippen LogP contribution in [0.1, 0.15) is 38.3 Å². The Morgan fingerprint density at radius 3 is 2.39 bits per heavy atom. The Kier molecular flexibility index (Phi) is 5.80. The summed E-state index contributed by atoms with van der Waals surface area (Å²) in [7, 11) is 0. The first-order valence-corrected chi connectivity index (χ1v) is 8.06. The van der Waals surface area contributed by atoms with Gasteiger partial charge in [0, 0.05) is 17.5 Å². The van der Waals surface area contributed by atoms with E-state index in [-0.39, 0.29) is 11.3 Å². The third-order valence-electron chi connectivity index (χ3n) is 4.15. The summed E-state index contributed by atoms with van der Waals surface area (Å²) in [5, 5.41) is 3.01. The number of ether oxygens (including phenoxy) is 1. The normalized spacial score (nSPS) is 11.1. The zero-order valence-corrected chi connectivity index (χ0v) is 14.1. The lowest BCUT2D eigenvalue weighted by molar-refractivity contribution is -0.129. The van der Waals surface area contributed by atoms with E-state index in [1.54, 1.807) is 0 Å². The summed E-state index contributed by atoms with van der Waals surface area (Å²) in [6.45, 7) is 6.94. The molecule has 2 aromatic rings. The quantitative estimate of drug-likeness (QED) is 0.827. The van der Waals surface area contributed by atoms with Gasteiger partial charge in [-0.2, -0.15) is 0 Å². The van der Waals surface area contributed by atoms with Gasteiger partial charge in [0.2, 0.25) is 5.91 Å². The van der Waals surface area contributed by atoms with Gasteiger partial charge in [0.15, 0.2) is 0 Å². The number of amides is 1. The van der Waals surface area contributed by atoms with Gasteiger partial charge in [0.25, 0.3) is 0 Å². The second-order valence-electron chi connectivity index (χ2n) is 6.30. The van der Waals surface area contributed by atoms with Crippen molar-refractivity contribution >= 4 is 5.91 Å². The monoisotopic (exact) mass is 311 g/mol. The highest BCUT2D eigenvalue weighted by atomic mass is 16.5. The molecule has 0 saturated carbocycles. The minimum Gasteiger partial charge on any atom is -0.489 e. The summed E-state index contributed by atoms with van der Waals surface area (Å²) in [6, 6.07) is 17.9. The molecule has 0 fully saturated rings. The number of hydrogen-bond donors (Lipinski definition) is 1. The van der Waals surface area contributed by atoms with Crippen molar-refractivity contribution in [3.63, 3.8) is 0 Å². The highest BCUT2D eigenvalue weighted by Crippen LogP contribution is 2.22. The van der Waals surface area contributed by atoms with Gasteiger partial charge in [0.05, 0.1) is 0 Å². The Morgan fingerprint density at radius 1 is 1.04 bits per heavy atom. The first-order chi connectivity index (χ1) is 11.0. The van der Waals surface area contributed by atoms with E-state index < -0.39 is 0 Å². The molecule has 0 heterocycles. The average molecular weight is 311 g/mol. The molecule has 0 bridgehead atoms. The maximum Gasteiger partial charge on any atom is 0.225 e. The number of nitrogens with one attached hydrogen (secondary N) is 1. The van der Waals surface area contributed by atoms with Crippen molar-refractivity contribution in [2.24, 2.45) is 5.41 Å². The van der Waals surface area contributed by atoms with Crippen LogP contribution in [0.15, 0.2) is 54.6 Å². The molecule has 122 valence electrons. The SMILES string of the molecule is CCC(C)(C)C(=O)NCc1ccccc1OCc1ccccc1. The van der Waals surface area contributed by atoms with Crippen LogP contribution in [0.2, 0.25) is 0 Å². The van der Waals surface area contributed by atoms with Crippen molar-refractivity contribution < 1.29 is 9.53 Å². The van der Waals surface area contributed by atoms with Gasteiger partial charge in [-0.15, -0.1) is 0 Å². The summed E-state index contributed by atoms with van der Waals surface area (Å²) in [6.07, 6.45) is 0.811. The van der Waals surface area contributed by atoms with Gasteiger partial charge in [-0.25, -0.2) is 0 Å². The minimum atomic E-state index is -0.347. The second kappa shape index (κ2) is 7.82. The van der Waals surface area contributed by atoms with Gasteiger partial charge in [-0.05, 0) is 18.1 Å². The second-order valence-corrected chi connectivity index (χ2v) is 6.30. The molecular formula is C20H25NO2. The van der Waals surface area contributed by atoms with E-state index in [1.807, 2.05) is 75.4 Å². The zero-order valence-electron chi connectivity index (χ0n) is 14.1. The molecule has 0 aliphatic carbocycles. The lowest BCUT2D eigenvalue weighted by atomic mass is 9.89. The van der Waals surface area contributed by atoms with E-state index in [9.17, 15) is 4.79 Å². The Hall–Kier alpha value is -2.29. The fourth-order valence-corrected chi connectivity index (χ4v) is 2.10. The third-order valence-corrected chi connectivity index (χ3v) is 4.15. The van der Waals surface area contributed by atoms with Crippen LogP contribution in [0, 0.1) is 5.41 Å². The molecule has 23 heavy (non-hydrogen) atoms. The highest BCUT2D eigenvalue weighted by molar-refractivity contribution is 5.81. The van der Waals surface area contributed by atoms with Crippen LogP contribution >= 0.6 is 0 Å². The van der Waals surface area contributed by atoms with Crippen LogP contribution in [0.25, 0.3) is 0 Å². The van der Waals surface area contributed by atoms with Gasteiger partial charge in [-0.1, -0.05) is 69.3 Å². The molecule has 3 nitrogen and oxygen atoms in total. The number of carbonyl (C=O) groups excluding carboxylic acids is 1. The molecule has 2 rings (SSSR count). The van der Waals surface area contributed by atoms with Crippen LogP contribution in [0.4, 0.5) is 0 Å². The molecular weight excluding hydrogens is 286 g/mol. The topological polar surface area (TPSA) is 38.3 Å². The summed E-state index contributed by atoms with van der Waals surface area (Å²) >= 11 is 0. The van der Waals surface area contributed by atoms with Crippen molar-refractivity contribution in [2.75, 3.05) is 0 Å². The van der Waals surface area contributed by atoms with Gasteiger partial charge < -0.3 is 10.1 Å². The Balaban J connectivity index is 1.99. The number of carbonyl (C=O) groups is 1. The lowest BCUT2D eigenvalue weighted by Crippen LogP contribution is -2.36. The number of para-hydroxylation sites is 1. The smallest absolute Gasteiger partial charge is 0.225 e. The number of rotatable bonds is 7. The molecule has 0 aliphatic heterocycles. The van der Waals surface area contributed by atoms with Crippen molar-refractivity contribution in [1.29, 1.82) is 0 Å². The summed E-state index contributed by atoms with van der Waals surface area (Å²) < 4.78 is 5.92. The first kappa shape index (κ1) is 17.1. The third kappa shape index (κ3) is 4.85. The Morgan fingerprint density at radius 2 is 1.70 bits per heavy atom.